The van der Waals surface area contributed by atoms with Gasteiger partial charge in [-0.3, -0.25) is 0 Å². The number of piperazine rings is 1. The van der Waals surface area contributed by atoms with Crippen molar-refractivity contribution in [3.63, 3.8) is 0 Å². The lowest BCUT2D eigenvalue weighted by atomic mass is 10.1. The summed E-state index contributed by atoms with van der Waals surface area (Å²) in [6, 6.07) is 8.30. The fourth-order valence-corrected chi connectivity index (χ4v) is 5.06. The van der Waals surface area contributed by atoms with Crippen molar-refractivity contribution in [1.82, 2.24) is 19.6 Å². The Bertz CT molecular complexity index is 1090. The Morgan fingerprint density at radius 1 is 1.06 bits per heavy atom. The Morgan fingerprint density at radius 2 is 1.88 bits per heavy atom. The highest BCUT2D eigenvalue weighted by Crippen LogP contribution is 2.19. The second-order valence-corrected chi connectivity index (χ2v) is 9.68. The monoisotopic (exact) mass is 467 g/mol. The minimum Gasteiger partial charge on any atom is -0.377 e. The number of morpholine rings is 1. The van der Waals surface area contributed by atoms with Gasteiger partial charge < -0.3 is 19.4 Å². The van der Waals surface area contributed by atoms with Crippen LogP contribution < -0.4 is 15.5 Å². The average Bonchev–Trinajstić information content (AvgIpc) is 3.16. The van der Waals surface area contributed by atoms with Gasteiger partial charge in [-0.15, -0.1) is 5.10 Å². The van der Waals surface area contributed by atoms with Crippen LogP contribution in [0.2, 0.25) is 5.02 Å². The van der Waals surface area contributed by atoms with Gasteiger partial charge in [0.25, 0.3) is 0 Å². The van der Waals surface area contributed by atoms with Crippen LogP contribution in [0.4, 0.5) is 5.82 Å². The number of hydrogen-bond donors (Lipinski definition) is 0. The topological polar surface area (TPSA) is 36.8 Å². The van der Waals surface area contributed by atoms with E-state index in [2.05, 4.69) is 50.7 Å². The number of anilines is 1. The minimum atomic E-state index is 0.332. The van der Waals surface area contributed by atoms with E-state index in [0.717, 1.165) is 88.3 Å². The number of aromatic nitrogens is 2. The van der Waals surface area contributed by atoms with Crippen LogP contribution in [0.25, 0.3) is 17.8 Å². The van der Waals surface area contributed by atoms with Gasteiger partial charge in [0.05, 0.1) is 30.3 Å². The van der Waals surface area contributed by atoms with Gasteiger partial charge in [0.15, 0.2) is 5.82 Å². The number of ether oxygens (including phenoxy) is 1. The van der Waals surface area contributed by atoms with Crippen LogP contribution >= 0.6 is 11.6 Å². The Hall–Kier alpha value is -2.12. The van der Waals surface area contributed by atoms with Gasteiger partial charge in [0, 0.05) is 49.5 Å². The molecule has 1 aromatic carbocycles. The molecule has 0 amide bonds. The van der Waals surface area contributed by atoms with Gasteiger partial charge in [-0.2, -0.15) is 0 Å². The van der Waals surface area contributed by atoms with E-state index in [1.807, 2.05) is 24.3 Å². The highest BCUT2D eigenvalue weighted by Gasteiger charge is 2.28. The number of rotatable bonds is 5. The van der Waals surface area contributed by atoms with Gasteiger partial charge in [0.2, 0.25) is 0 Å². The molecule has 1 aromatic heterocycles. The zero-order valence-electron chi connectivity index (χ0n) is 19.5. The summed E-state index contributed by atoms with van der Waals surface area (Å²) in [6.45, 7) is 8.09. The maximum Gasteiger partial charge on any atom is 0.159 e. The fraction of sp³-hybridized carbons (Fsp3) is 0.500. The number of likely N-dealkylation sites (N-methyl/N-ethyl adjacent to an activating group) is 1. The van der Waals surface area contributed by atoms with E-state index in [0.29, 0.717) is 6.04 Å². The molecule has 6 nitrogen and oxygen atoms in total. The van der Waals surface area contributed by atoms with Crippen molar-refractivity contribution in [2.45, 2.75) is 25.3 Å². The third kappa shape index (κ3) is 5.19. The van der Waals surface area contributed by atoms with E-state index in [1.54, 1.807) is 0 Å². The van der Waals surface area contributed by atoms with Crippen molar-refractivity contribution in [2.75, 3.05) is 64.4 Å². The van der Waals surface area contributed by atoms with Crippen LogP contribution in [-0.4, -0.2) is 85.2 Å². The van der Waals surface area contributed by atoms with Gasteiger partial charge >= 0.3 is 0 Å². The summed E-state index contributed by atoms with van der Waals surface area (Å²) in [5, 5.41) is 8.29. The molecule has 2 aliphatic heterocycles. The SMILES string of the molecule is CN1CCN(CCC2COCCN2c2nn(-c3ccc(Cl)cc3)c3/c2=C\C=C\CC\C=3)CC1. The smallest absolute Gasteiger partial charge is 0.159 e. The van der Waals surface area contributed by atoms with Gasteiger partial charge in [-0.05, 0) is 56.7 Å². The van der Waals surface area contributed by atoms with Crippen LogP contribution in [0.15, 0.2) is 36.4 Å². The quantitative estimate of drug-likeness (QED) is 0.674. The van der Waals surface area contributed by atoms with E-state index in [1.165, 1.54) is 10.6 Å². The van der Waals surface area contributed by atoms with Crippen molar-refractivity contribution in [2.24, 2.45) is 0 Å². The lowest BCUT2D eigenvalue weighted by Crippen LogP contribution is -2.51. The summed E-state index contributed by atoms with van der Waals surface area (Å²) < 4.78 is 8.02. The number of fused-ring (bicyclic) bond motifs is 1. The maximum absolute atomic E-state index is 6.16. The van der Waals surface area contributed by atoms with Crippen LogP contribution in [0.3, 0.4) is 0 Å². The van der Waals surface area contributed by atoms with Crippen molar-refractivity contribution in [1.29, 1.82) is 0 Å². The van der Waals surface area contributed by atoms with Crippen molar-refractivity contribution in [3.8, 4) is 5.69 Å². The minimum absolute atomic E-state index is 0.332. The highest BCUT2D eigenvalue weighted by atomic mass is 35.5. The molecule has 0 N–H and O–H groups in total. The Balaban J connectivity index is 1.47. The first kappa shape index (κ1) is 22.7. The molecule has 5 rings (SSSR count). The normalized spacial score (nSPS) is 25.3. The van der Waals surface area contributed by atoms with Crippen LogP contribution in [0.5, 0.6) is 0 Å². The van der Waals surface area contributed by atoms with Gasteiger partial charge in [0.1, 0.15) is 0 Å². The van der Waals surface area contributed by atoms with Crippen LogP contribution in [0, 0.1) is 0 Å². The first-order chi connectivity index (χ1) is 16.2. The summed E-state index contributed by atoms with van der Waals surface area (Å²) >= 11 is 6.16. The molecule has 1 aliphatic carbocycles. The molecule has 2 aromatic rings. The molecule has 7 heteroatoms. The molecule has 0 bridgehead atoms. The third-order valence-corrected chi connectivity index (χ3v) is 7.21. The number of allylic oxidation sites excluding steroid dienone is 2. The van der Waals surface area contributed by atoms with Gasteiger partial charge in [-0.25, -0.2) is 4.68 Å². The molecule has 33 heavy (non-hydrogen) atoms. The van der Waals surface area contributed by atoms with E-state index >= 15 is 0 Å². The van der Waals surface area contributed by atoms with Crippen LogP contribution in [-0.2, 0) is 4.74 Å². The van der Waals surface area contributed by atoms with Crippen LogP contribution in [0.1, 0.15) is 19.3 Å². The molecular formula is C26H34ClN5O. The second kappa shape index (κ2) is 10.4. The molecule has 3 aliphatic rings. The van der Waals surface area contributed by atoms with Crippen molar-refractivity contribution >= 4 is 29.6 Å². The van der Waals surface area contributed by atoms with Gasteiger partial charge in [-0.1, -0.05) is 29.8 Å². The molecule has 176 valence electrons. The number of halogens is 1. The molecule has 2 fully saturated rings. The summed E-state index contributed by atoms with van der Waals surface area (Å²) in [5.74, 6) is 1.06. The summed E-state index contributed by atoms with van der Waals surface area (Å²) in [4.78, 5) is 7.49. The Morgan fingerprint density at radius 3 is 2.70 bits per heavy atom. The molecule has 1 unspecified atom stereocenters. The molecule has 1 atom stereocenters. The lowest BCUT2D eigenvalue weighted by Gasteiger charge is -2.38. The first-order valence-corrected chi connectivity index (χ1v) is 12.5. The van der Waals surface area contributed by atoms with Crippen molar-refractivity contribution < 1.29 is 4.74 Å². The number of nitrogens with zero attached hydrogens (tertiary/aromatic N) is 5. The first-order valence-electron chi connectivity index (χ1n) is 12.2. The molecule has 2 saturated heterocycles. The standard InChI is InChI=1S/C26H34ClN5O/c1-29-14-16-30(17-15-29)13-12-23-20-33-19-18-31(23)26-24-6-4-2-3-5-7-25(24)32(28-26)22-10-8-21(27)9-11-22/h2,4,6-11,23H,3,5,12-20H2,1H3/b4-2+,24-6+,25-7+. The van der Waals surface area contributed by atoms with E-state index in [4.69, 9.17) is 21.4 Å². The Labute approximate surface area is 201 Å². The van der Waals surface area contributed by atoms with E-state index in [9.17, 15) is 0 Å². The third-order valence-electron chi connectivity index (χ3n) is 6.95. The average molecular weight is 468 g/mol. The zero-order valence-corrected chi connectivity index (χ0v) is 20.3. The lowest BCUT2D eigenvalue weighted by molar-refractivity contribution is 0.0822. The van der Waals surface area contributed by atoms with E-state index in [-0.39, 0.29) is 0 Å². The zero-order chi connectivity index (χ0) is 22.6. The molecule has 3 heterocycles. The predicted molar refractivity (Wildman–Crippen MR) is 136 cm³/mol. The summed E-state index contributed by atoms with van der Waals surface area (Å²) in [7, 11) is 2.21. The molecular weight excluding hydrogens is 434 g/mol. The fourth-order valence-electron chi connectivity index (χ4n) is 4.93. The molecule has 0 radical (unpaired) electrons. The highest BCUT2D eigenvalue weighted by molar-refractivity contribution is 6.30. The number of benzene rings is 1. The maximum atomic E-state index is 6.16. The molecule has 0 spiro atoms. The summed E-state index contributed by atoms with van der Waals surface area (Å²) in [5.41, 5.74) is 1.04. The summed E-state index contributed by atoms with van der Waals surface area (Å²) in [6.07, 6.45) is 12.1. The van der Waals surface area contributed by atoms with Crippen molar-refractivity contribution in [3.05, 3.63) is 52.0 Å². The number of hydrogen-bond acceptors (Lipinski definition) is 5. The predicted octanol–water partition coefficient (Wildman–Crippen LogP) is 2.28. The second-order valence-electron chi connectivity index (χ2n) is 9.24. The van der Waals surface area contributed by atoms with E-state index < -0.39 is 0 Å². The molecule has 0 saturated carbocycles. The Kier molecular flexibility index (Phi) is 7.16. The largest absolute Gasteiger partial charge is 0.377 e.